The van der Waals surface area contributed by atoms with Gasteiger partial charge in [0.05, 0.1) is 17.3 Å². The first-order valence-electron chi connectivity index (χ1n) is 7.10. The Kier molecular flexibility index (Phi) is 2.63. The lowest BCUT2D eigenvalue weighted by atomic mass is 9.87. The van der Waals surface area contributed by atoms with Crippen LogP contribution >= 0.6 is 11.6 Å². The predicted molar refractivity (Wildman–Crippen MR) is 78.8 cm³/mol. The van der Waals surface area contributed by atoms with Gasteiger partial charge in [0, 0.05) is 28.9 Å². The number of fused-ring (bicyclic) bond motifs is 2. The van der Waals surface area contributed by atoms with Crippen molar-refractivity contribution in [1.29, 1.82) is 0 Å². The number of halogens is 1. The molecule has 2 aliphatic carbocycles. The largest absolute Gasteiger partial charge is 0.385 e. The van der Waals surface area contributed by atoms with Crippen molar-refractivity contribution < 1.29 is 9.90 Å². The molecule has 0 bridgehead atoms. The van der Waals surface area contributed by atoms with Crippen LogP contribution in [0.2, 0.25) is 5.02 Å². The summed E-state index contributed by atoms with van der Waals surface area (Å²) >= 11 is 6.16. The van der Waals surface area contributed by atoms with E-state index < -0.39 is 5.60 Å². The average Bonchev–Trinajstić information content (AvgIpc) is 2.83. The molecule has 4 rings (SSSR count). The molecule has 6 heteroatoms. The maximum Gasteiger partial charge on any atom is 0.217 e. The number of nitrogens with one attached hydrogen (secondary N) is 2. The number of carbonyl (C=O) groups is 1. The van der Waals surface area contributed by atoms with Crippen LogP contribution in [-0.2, 0) is 10.4 Å². The van der Waals surface area contributed by atoms with Gasteiger partial charge in [-0.25, -0.2) is 0 Å². The summed E-state index contributed by atoms with van der Waals surface area (Å²) in [5.74, 6) is 0.711. The van der Waals surface area contributed by atoms with E-state index in [9.17, 15) is 9.90 Å². The fourth-order valence-electron chi connectivity index (χ4n) is 3.92. The predicted octanol–water partition coefficient (Wildman–Crippen LogP) is 1.95. The third-order valence-electron chi connectivity index (χ3n) is 4.86. The second-order valence-corrected chi connectivity index (χ2v) is 6.72. The molecule has 0 unspecified atom stereocenters. The van der Waals surface area contributed by atoms with E-state index in [1.165, 1.54) is 6.92 Å². The number of hydrogen-bond acceptors (Lipinski definition) is 3. The molecule has 1 amide bonds. The highest BCUT2D eigenvalue weighted by Crippen LogP contribution is 2.60. The molecule has 21 heavy (non-hydrogen) atoms. The molecule has 0 aliphatic heterocycles. The molecule has 2 fully saturated rings. The summed E-state index contributed by atoms with van der Waals surface area (Å²) in [6, 6.07) is 3.88. The van der Waals surface area contributed by atoms with E-state index in [1.54, 1.807) is 6.20 Å². The number of rotatable bonds is 2. The molecule has 0 spiro atoms. The topological polar surface area (TPSA) is 78.0 Å². The summed E-state index contributed by atoms with van der Waals surface area (Å²) in [5.41, 5.74) is 0.774. The van der Waals surface area contributed by atoms with Crippen LogP contribution in [0.3, 0.4) is 0 Å². The third-order valence-corrected chi connectivity index (χ3v) is 5.08. The van der Waals surface area contributed by atoms with Gasteiger partial charge in [0.25, 0.3) is 0 Å². The van der Waals surface area contributed by atoms with Crippen LogP contribution in [0, 0.1) is 11.8 Å². The zero-order valence-electron chi connectivity index (χ0n) is 11.6. The summed E-state index contributed by atoms with van der Waals surface area (Å²) in [6.07, 6.45) is 3.01. The van der Waals surface area contributed by atoms with Crippen molar-refractivity contribution in [3.8, 4) is 0 Å². The van der Waals surface area contributed by atoms with Crippen molar-refractivity contribution in [2.45, 2.75) is 31.4 Å². The minimum absolute atomic E-state index is 0.00310. The van der Waals surface area contributed by atoms with Gasteiger partial charge in [-0.3, -0.25) is 9.89 Å². The molecule has 0 radical (unpaired) electrons. The molecular weight excluding hydrogens is 290 g/mol. The molecule has 1 aromatic carbocycles. The highest BCUT2D eigenvalue weighted by molar-refractivity contribution is 6.31. The van der Waals surface area contributed by atoms with Gasteiger partial charge in [0.1, 0.15) is 0 Å². The number of amides is 1. The van der Waals surface area contributed by atoms with E-state index in [-0.39, 0.29) is 11.9 Å². The Bertz CT molecular complexity index is 730. The van der Waals surface area contributed by atoms with Crippen molar-refractivity contribution >= 4 is 28.4 Å². The zero-order chi connectivity index (χ0) is 14.8. The van der Waals surface area contributed by atoms with Crippen LogP contribution in [0.25, 0.3) is 10.9 Å². The van der Waals surface area contributed by atoms with Gasteiger partial charge >= 0.3 is 0 Å². The minimum atomic E-state index is -0.889. The van der Waals surface area contributed by atoms with E-state index in [4.69, 9.17) is 11.6 Å². The molecule has 1 heterocycles. The number of aromatic amines is 1. The van der Waals surface area contributed by atoms with Gasteiger partial charge in [-0.05, 0) is 36.8 Å². The van der Waals surface area contributed by atoms with Crippen molar-refractivity contribution in [1.82, 2.24) is 15.5 Å². The van der Waals surface area contributed by atoms with Crippen LogP contribution in [0.5, 0.6) is 0 Å². The molecule has 2 aromatic rings. The summed E-state index contributed by atoms with van der Waals surface area (Å²) in [7, 11) is 0. The second-order valence-electron chi connectivity index (χ2n) is 6.28. The lowest BCUT2D eigenvalue weighted by molar-refractivity contribution is -0.119. The third kappa shape index (κ3) is 1.95. The van der Waals surface area contributed by atoms with Crippen molar-refractivity contribution in [3.05, 3.63) is 28.9 Å². The SMILES string of the molecule is CC(=O)N[C@@H]1[C@@H]2C[C@@](O)(c3cc(Cl)cc4cn[nH]c34)C[C@@H]21. The van der Waals surface area contributed by atoms with Gasteiger partial charge in [0.2, 0.25) is 5.91 Å². The fraction of sp³-hybridized carbons (Fsp3) is 0.467. The number of H-pyrrole nitrogens is 1. The van der Waals surface area contributed by atoms with E-state index >= 15 is 0 Å². The molecule has 4 atom stereocenters. The van der Waals surface area contributed by atoms with Crippen molar-refractivity contribution in [3.63, 3.8) is 0 Å². The minimum Gasteiger partial charge on any atom is -0.385 e. The van der Waals surface area contributed by atoms with Crippen LogP contribution in [-0.4, -0.2) is 27.3 Å². The highest BCUT2D eigenvalue weighted by Gasteiger charge is 2.62. The van der Waals surface area contributed by atoms with Gasteiger partial charge in [-0.1, -0.05) is 11.6 Å². The molecule has 2 aliphatic rings. The maximum absolute atomic E-state index is 11.1. The van der Waals surface area contributed by atoms with Crippen LogP contribution < -0.4 is 5.32 Å². The monoisotopic (exact) mass is 305 g/mol. The summed E-state index contributed by atoms with van der Waals surface area (Å²) in [4.78, 5) is 11.1. The average molecular weight is 306 g/mol. The normalized spacial score (nSPS) is 34.0. The molecule has 5 nitrogen and oxygen atoms in total. The second kappa shape index (κ2) is 4.21. The number of nitrogens with zero attached hydrogens (tertiary/aromatic N) is 1. The number of hydrogen-bond donors (Lipinski definition) is 3. The first kappa shape index (κ1) is 13.1. The number of aliphatic hydroxyl groups is 1. The fourth-order valence-corrected chi connectivity index (χ4v) is 4.15. The number of aromatic nitrogens is 2. The summed E-state index contributed by atoms with van der Waals surface area (Å²) in [5, 5.41) is 22.5. The first-order valence-corrected chi connectivity index (χ1v) is 7.48. The Morgan fingerprint density at radius 2 is 2.19 bits per heavy atom. The lowest BCUT2D eigenvalue weighted by Gasteiger charge is -2.27. The number of carbonyl (C=O) groups excluding carboxylic acids is 1. The van der Waals surface area contributed by atoms with E-state index in [0.717, 1.165) is 16.5 Å². The standard InChI is InChI=1S/C15H16ClN3O2/c1-7(20)18-14-10-4-15(21,5-11(10)14)12-3-9(16)2-8-6-17-19-13(8)12/h2-3,6,10-11,14,21H,4-5H2,1H3,(H,17,19)(H,18,20)/t10-,11+,14-,15+. The van der Waals surface area contributed by atoms with Crippen LogP contribution in [0.15, 0.2) is 18.3 Å². The van der Waals surface area contributed by atoms with Gasteiger partial charge in [-0.15, -0.1) is 0 Å². The quantitative estimate of drug-likeness (QED) is 0.793. The molecule has 1 aromatic heterocycles. The molecule has 3 N–H and O–H groups in total. The molecule has 2 saturated carbocycles. The van der Waals surface area contributed by atoms with E-state index in [0.29, 0.717) is 29.7 Å². The van der Waals surface area contributed by atoms with Crippen LogP contribution in [0.4, 0.5) is 0 Å². The van der Waals surface area contributed by atoms with Crippen LogP contribution in [0.1, 0.15) is 25.3 Å². The Morgan fingerprint density at radius 1 is 1.48 bits per heavy atom. The molecule has 110 valence electrons. The van der Waals surface area contributed by atoms with Gasteiger partial charge in [-0.2, -0.15) is 5.10 Å². The van der Waals surface area contributed by atoms with Crippen molar-refractivity contribution in [2.75, 3.05) is 0 Å². The Balaban J connectivity index is 1.65. The molecular formula is C15H16ClN3O2. The van der Waals surface area contributed by atoms with E-state index in [1.807, 2.05) is 12.1 Å². The maximum atomic E-state index is 11.1. The first-order chi connectivity index (χ1) is 9.98. The number of benzene rings is 1. The smallest absolute Gasteiger partial charge is 0.217 e. The molecule has 0 saturated heterocycles. The highest BCUT2D eigenvalue weighted by atomic mass is 35.5. The van der Waals surface area contributed by atoms with Gasteiger partial charge in [0.15, 0.2) is 0 Å². The zero-order valence-corrected chi connectivity index (χ0v) is 12.3. The Labute approximate surface area is 126 Å². The lowest BCUT2D eigenvalue weighted by Crippen LogP contribution is -2.32. The van der Waals surface area contributed by atoms with Gasteiger partial charge < -0.3 is 10.4 Å². The van der Waals surface area contributed by atoms with E-state index in [2.05, 4.69) is 15.5 Å². The van der Waals surface area contributed by atoms with Crippen molar-refractivity contribution in [2.24, 2.45) is 11.8 Å². The summed E-state index contributed by atoms with van der Waals surface area (Å²) < 4.78 is 0. The Hall–Kier alpha value is -1.59. The summed E-state index contributed by atoms with van der Waals surface area (Å²) in [6.45, 7) is 1.53. The Morgan fingerprint density at radius 3 is 2.86 bits per heavy atom.